The Kier molecular flexibility index (Phi) is 5.63. The number of allylic oxidation sites excluding steroid dienone is 1. The molecule has 8 nitrogen and oxygen atoms in total. The minimum Gasteiger partial charge on any atom is -0.461 e. The highest BCUT2D eigenvalue weighted by Crippen LogP contribution is 2.76. The molecule has 186 valence electrons. The lowest BCUT2D eigenvalue weighted by Gasteiger charge is -2.52. The monoisotopic (exact) mass is 474 g/mol. The second-order valence-electron chi connectivity index (χ2n) is 11.0. The molecule has 0 heterocycles. The molecule has 4 rings (SSSR count). The second kappa shape index (κ2) is 7.77. The van der Waals surface area contributed by atoms with Gasteiger partial charge in [0.25, 0.3) is 0 Å². The average molecular weight is 475 g/mol. The minimum absolute atomic E-state index is 0.0208. The Labute approximate surface area is 199 Å². The van der Waals surface area contributed by atoms with Gasteiger partial charge in [0.2, 0.25) is 0 Å². The number of fused-ring (bicyclic) bond motifs is 5. The molecular weight excluding hydrogens is 440 g/mol. The summed E-state index contributed by atoms with van der Waals surface area (Å²) in [5, 5.41) is 12.5. The van der Waals surface area contributed by atoms with E-state index in [9.17, 15) is 24.3 Å². The number of esters is 3. The fourth-order valence-corrected chi connectivity index (χ4v) is 7.36. The summed E-state index contributed by atoms with van der Waals surface area (Å²) in [5.74, 6) is -4.07. The van der Waals surface area contributed by atoms with Gasteiger partial charge in [0.05, 0.1) is 5.60 Å². The third-order valence-corrected chi connectivity index (χ3v) is 8.75. The van der Waals surface area contributed by atoms with Gasteiger partial charge < -0.3 is 19.3 Å². The van der Waals surface area contributed by atoms with Crippen LogP contribution in [0.5, 0.6) is 0 Å². The summed E-state index contributed by atoms with van der Waals surface area (Å²) in [6.45, 7) is 11.4. The van der Waals surface area contributed by atoms with Crippen molar-refractivity contribution in [1.82, 2.24) is 0 Å². The van der Waals surface area contributed by atoms with E-state index in [1.807, 2.05) is 26.0 Å². The fourth-order valence-electron chi connectivity index (χ4n) is 7.36. The lowest BCUT2D eigenvalue weighted by Crippen LogP contribution is -2.63. The predicted octanol–water partition coefficient (Wildman–Crippen LogP) is 2.53. The van der Waals surface area contributed by atoms with Gasteiger partial charge in [0.15, 0.2) is 11.4 Å². The number of carbonyl (C=O) groups is 4. The van der Waals surface area contributed by atoms with Crippen molar-refractivity contribution >= 4 is 23.7 Å². The van der Waals surface area contributed by atoms with Crippen molar-refractivity contribution in [3.05, 3.63) is 23.3 Å². The van der Waals surface area contributed by atoms with Crippen LogP contribution in [0, 0.1) is 35.0 Å². The molecule has 4 aliphatic carbocycles. The Morgan fingerprint density at radius 2 is 1.71 bits per heavy atom. The van der Waals surface area contributed by atoms with Crippen molar-refractivity contribution in [3.8, 4) is 0 Å². The van der Waals surface area contributed by atoms with E-state index in [0.717, 1.165) is 5.57 Å². The molecule has 34 heavy (non-hydrogen) atoms. The van der Waals surface area contributed by atoms with E-state index in [-0.39, 0.29) is 18.3 Å². The number of aliphatic hydroxyl groups is 1. The molecule has 4 aliphatic rings. The lowest BCUT2D eigenvalue weighted by atomic mass is 9.60. The smallest absolute Gasteiger partial charge is 0.303 e. The first-order chi connectivity index (χ1) is 15.7. The van der Waals surface area contributed by atoms with Crippen molar-refractivity contribution in [2.45, 2.75) is 72.2 Å². The van der Waals surface area contributed by atoms with E-state index in [1.165, 1.54) is 20.8 Å². The highest BCUT2D eigenvalue weighted by molar-refractivity contribution is 6.00. The van der Waals surface area contributed by atoms with Gasteiger partial charge in [-0.15, -0.1) is 0 Å². The van der Waals surface area contributed by atoms with E-state index in [2.05, 4.69) is 0 Å². The number of ether oxygens (including phenoxy) is 3. The number of hydrogen-bond acceptors (Lipinski definition) is 8. The van der Waals surface area contributed by atoms with Crippen LogP contribution >= 0.6 is 0 Å². The largest absolute Gasteiger partial charge is 0.461 e. The molecule has 2 fully saturated rings. The average Bonchev–Trinajstić information content (AvgIpc) is 3.10. The van der Waals surface area contributed by atoms with Gasteiger partial charge >= 0.3 is 17.9 Å². The fraction of sp³-hybridized carbons (Fsp3) is 0.692. The van der Waals surface area contributed by atoms with Gasteiger partial charge in [-0.2, -0.15) is 0 Å². The molecule has 8 heteroatoms. The number of carbonyl (C=O) groups excluding carboxylic acids is 4. The maximum atomic E-state index is 13.1. The van der Waals surface area contributed by atoms with Crippen LogP contribution in [0.15, 0.2) is 23.3 Å². The summed E-state index contributed by atoms with van der Waals surface area (Å²) in [6, 6.07) is 0. The SMILES string of the molecule is CC(=O)OCC1=C[C@H]2[C@@H]3C(C)(C)[C@]3(OC(C)=O)[C@H](OC(C)=O)[C@@H](C)[C@]2(O)[C@@H]2C=C(C)C(=O)C2C1. The number of rotatable bonds is 4. The molecule has 0 aromatic carbocycles. The van der Waals surface area contributed by atoms with Crippen molar-refractivity contribution in [1.29, 1.82) is 0 Å². The molecule has 1 N–H and O–H groups in total. The summed E-state index contributed by atoms with van der Waals surface area (Å²) in [7, 11) is 0. The molecule has 0 bridgehead atoms. The first kappa shape index (κ1) is 24.6. The van der Waals surface area contributed by atoms with Crippen LogP contribution in [0.4, 0.5) is 0 Å². The second-order valence-corrected chi connectivity index (χ2v) is 11.0. The Morgan fingerprint density at radius 3 is 2.26 bits per heavy atom. The van der Waals surface area contributed by atoms with Crippen LogP contribution < -0.4 is 0 Å². The Bertz CT molecular complexity index is 1020. The molecule has 0 aliphatic heterocycles. The van der Waals surface area contributed by atoms with Gasteiger partial charge in [0, 0.05) is 55.8 Å². The van der Waals surface area contributed by atoms with Gasteiger partial charge in [-0.25, -0.2) is 0 Å². The third-order valence-electron chi connectivity index (χ3n) is 8.75. The molecule has 0 aromatic heterocycles. The van der Waals surface area contributed by atoms with Gasteiger partial charge in [-0.1, -0.05) is 32.9 Å². The van der Waals surface area contributed by atoms with E-state index >= 15 is 0 Å². The maximum Gasteiger partial charge on any atom is 0.303 e. The lowest BCUT2D eigenvalue weighted by molar-refractivity contribution is -0.218. The van der Waals surface area contributed by atoms with Crippen LogP contribution in [0.2, 0.25) is 0 Å². The molecule has 8 atom stereocenters. The van der Waals surface area contributed by atoms with Crippen LogP contribution in [0.1, 0.15) is 54.9 Å². The standard InChI is InChI=1S/C26H34O8/c1-12-8-19-18(21(12)30)9-17(11-32-14(3)27)10-20-22-24(6,7)26(22,34-16(5)29)23(33-15(4)28)13(2)25(19,20)31/h8,10,13,18-20,22-23,31H,9,11H2,1-7H3/t13-,18?,19-,20+,22-,23-,25+,26-/m1/s1. The summed E-state index contributed by atoms with van der Waals surface area (Å²) in [5.41, 5.74) is -1.85. The zero-order valence-corrected chi connectivity index (χ0v) is 20.8. The summed E-state index contributed by atoms with van der Waals surface area (Å²) in [6.07, 6.45) is 3.21. The number of ketones is 1. The molecule has 0 radical (unpaired) electrons. The molecule has 1 unspecified atom stereocenters. The number of Topliss-reactive ketones (excluding diaryl/α,β-unsaturated/α-hetero) is 1. The summed E-state index contributed by atoms with van der Waals surface area (Å²) < 4.78 is 17.0. The van der Waals surface area contributed by atoms with Gasteiger partial charge in [-0.3, -0.25) is 19.2 Å². The molecule has 0 saturated heterocycles. The van der Waals surface area contributed by atoms with Gasteiger partial charge in [-0.05, 0) is 24.5 Å². The van der Waals surface area contributed by atoms with Crippen molar-refractivity contribution in [2.75, 3.05) is 6.61 Å². The van der Waals surface area contributed by atoms with Crippen molar-refractivity contribution in [3.63, 3.8) is 0 Å². The van der Waals surface area contributed by atoms with Crippen LogP contribution in [-0.2, 0) is 33.4 Å². The Morgan fingerprint density at radius 1 is 1.06 bits per heavy atom. The van der Waals surface area contributed by atoms with Crippen molar-refractivity contribution in [2.24, 2.45) is 35.0 Å². The summed E-state index contributed by atoms with van der Waals surface area (Å²) in [4.78, 5) is 49.0. The zero-order chi connectivity index (χ0) is 25.4. The van der Waals surface area contributed by atoms with Crippen LogP contribution in [0.3, 0.4) is 0 Å². The van der Waals surface area contributed by atoms with Gasteiger partial charge in [0.1, 0.15) is 12.7 Å². The van der Waals surface area contributed by atoms with E-state index in [1.54, 1.807) is 13.8 Å². The molecule has 0 aromatic rings. The van der Waals surface area contributed by atoms with E-state index in [0.29, 0.717) is 12.0 Å². The quantitative estimate of drug-likeness (QED) is 0.375. The maximum absolute atomic E-state index is 13.1. The normalized spacial score (nSPS) is 41.6. The minimum atomic E-state index is -1.45. The first-order valence-corrected chi connectivity index (χ1v) is 11.8. The van der Waals surface area contributed by atoms with E-state index < -0.39 is 64.3 Å². The molecule has 0 amide bonds. The summed E-state index contributed by atoms with van der Waals surface area (Å²) >= 11 is 0. The Balaban J connectivity index is 1.91. The highest BCUT2D eigenvalue weighted by Gasteiger charge is 2.87. The topological polar surface area (TPSA) is 116 Å². The first-order valence-electron chi connectivity index (χ1n) is 11.8. The Hall–Kier alpha value is -2.48. The molecule has 0 spiro atoms. The predicted molar refractivity (Wildman–Crippen MR) is 120 cm³/mol. The highest BCUT2D eigenvalue weighted by atomic mass is 16.6. The van der Waals surface area contributed by atoms with Crippen LogP contribution in [0.25, 0.3) is 0 Å². The van der Waals surface area contributed by atoms with E-state index in [4.69, 9.17) is 14.2 Å². The number of hydrogen-bond donors (Lipinski definition) is 1. The molecule has 2 saturated carbocycles. The van der Waals surface area contributed by atoms with Crippen molar-refractivity contribution < 1.29 is 38.5 Å². The van der Waals surface area contributed by atoms with Crippen LogP contribution in [-0.4, -0.2) is 52.7 Å². The zero-order valence-electron chi connectivity index (χ0n) is 20.8. The molecular formula is C26H34O8. The third kappa shape index (κ3) is 3.21.